The first kappa shape index (κ1) is 26.8. The smallest absolute Gasteiger partial charge is 0.213 e. The van der Waals surface area contributed by atoms with E-state index in [9.17, 15) is 13.5 Å². The fourth-order valence-electron chi connectivity index (χ4n) is 4.20. The van der Waals surface area contributed by atoms with E-state index in [1.807, 2.05) is 24.3 Å². The summed E-state index contributed by atoms with van der Waals surface area (Å²) in [4.78, 5) is 2.31. The van der Waals surface area contributed by atoms with Crippen molar-refractivity contribution < 1.29 is 13.5 Å². The average molecular weight is 508 g/mol. The summed E-state index contributed by atoms with van der Waals surface area (Å²) in [5, 5.41) is 14.8. The van der Waals surface area contributed by atoms with Crippen LogP contribution in [0.15, 0.2) is 48.5 Å². The van der Waals surface area contributed by atoms with Gasteiger partial charge in [0.2, 0.25) is 10.0 Å². The number of halogens is 1. The molecule has 2 aromatic rings. The van der Waals surface area contributed by atoms with Gasteiger partial charge in [0.25, 0.3) is 0 Å². The van der Waals surface area contributed by atoms with Crippen LogP contribution >= 0.6 is 11.6 Å². The van der Waals surface area contributed by atoms with Gasteiger partial charge in [0.1, 0.15) is 0 Å². The minimum Gasteiger partial charge on any atom is -0.385 e. The highest BCUT2D eigenvalue weighted by atomic mass is 35.5. The topological polar surface area (TPSA) is 81.7 Å². The van der Waals surface area contributed by atoms with Crippen LogP contribution in [0.25, 0.3) is 0 Å². The standard InChI is InChI=1S/C26H38ClN3O3S/c1-20(2)34(32,33)29-17-13-21(3)12-16-28-24-8-10-25(11-9-24)30-18-14-26(31,15-19-30)22-4-6-23(27)7-5-22/h4-11,20-21,28-29,31H,12-19H2,1-3H3. The first-order chi connectivity index (χ1) is 16.1. The second kappa shape index (κ2) is 11.8. The summed E-state index contributed by atoms with van der Waals surface area (Å²) in [6.45, 7) is 8.44. The molecule has 0 spiro atoms. The van der Waals surface area contributed by atoms with Gasteiger partial charge in [-0.3, -0.25) is 0 Å². The Hall–Kier alpha value is -1.80. The Morgan fingerprint density at radius 1 is 0.971 bits per heavy atom. The van der Waals surface area contributed by atoms with Crippen molar-refractivity contribution in [2.75, 3.05) is 36.4 Å². The van der Waals surface area contributed by atoms with Gasteiger partial charge in [-0.1, -0.05) is 30.7 Å². The molecule has 34 heavy (non-hydrogen) atoms. The molecule has 3 rings (SSSR count). The van der Waals surface area contributed by atoms with Crippen molar-refractivity contribution in [1.82, 2.24) is 4.72 Å². The summed E-state index contributed by atoms with van der Waals surface area (Å²) in [7, 11) is -3.18. The molecule has 1 atom stereocenters. The molecule has 188 valence electrons. The zero-order valence-electron chi connectivity index (χ0n) is 20.4. The van der Waals surface area contributed by atoms with Crippen molar-refractivity contribution in [3.63, 3.8) is 0 Å². The summed E-state index contributed by atoms with van der Waals surface area (Å²) < 4.78 is 26.3. The van der Waals surface area contributed by atoms with Crippen LogP contribution in [0.4, 0.5) is 11.4 Å². The highest BCUT2D eigenvalue weighted by molar-refractivity contribution is 7.90. The number of benzene rings is 2. The van der Waals surface area contributed by atoms with Crippen LogP contribution < -0.4 is 14.9 Å². The maximum Gasteiger partial charge on any atom is 0.213 e. The van der Waals surface area contributed by atoms with Gasteiger partial charge in [0.15, 0.2) is 0 Å². The summed E-state index contributed by atoms with van der Waals surface area (Å²) in [5.74, 6) is 0.425. The Balaban J connectivity index is 1.40. The molecule has 1 heterocycles. The number of anilines is 2. The molecular weight excluding hydrogens is 470 g/mol. The summed E-state index contributed by atoms with van der Waals surface area (Å²) in [6, 6.07) is 15.9. The van der Waals surface area contributed by atoms with Crippen molar-refractivity contribution in [2.45, 2.75) is 57.3 Å². The molecule has 1 aliphatic rings. The molecule has 6 nitrogen and oxygen atoms in total. The minimum atomic E-state index is -3.18. The highest BCUT2D eigenvalue weighted by Crippen LogP contribution is 2.35. The number of rotatable bonds is 11. The maximum absolute atomic E-state index is 11.8. The third-order valence-corrected chi connectivity index (χ3v) is 8.83. The number of hydrogen-bond acceptors (Lipinski definition) is 5. The highest BCUT2D eigenvalue weighted by Gasteiger charge is 2.34. The van der Waals surface area contributed by atoms with E-state index in [0.717, 1.165) is 49.4 Å². The van der Waals surface area contributed by atoms with Gasteiger partial charge in [-0.05, 0) is 87.4 Å². The molecule has 2 aromatic carbocycles. The number of aliphatic hydroxyl groups is 1. The first-order valence-electron chi connectivity index (χ1n) is 12.1. The summed E-state index contributed by atoms with van der Waals surface area (Å²) >= 11 is 5.99. The van der Waals surface area contributed by atoms with Gasteiger partial charge < -0.3 is 15.3 Å². The fraction of sp³-hybridized carbons (Fsp3) is 0.538. The summed E-state index contributed by atoms with van der Waals surface area (Å²) in [5.41, 5.74) is 2.37. The lowest BCUT2D eigenvalue weighted by Gasteiger charge is -2.39. The molecule has 0 bridgehead atoms. The monoisotopic (exact) mass is 507 g/mol. The van der Waals surface area contributed by atoms with Crippen LogP contribution in [-0.4, -0.2) is 45.0 Å². The summed E-state index contributed by atoms with van der Waals surface area (Å²) in [6.07, 6.45) is 3.16. The molecule has 0 radical (unpaired) electrons. The Morgan fingerprint density at radius 3 is 2.15 bits per heavy atom. The van der Waals surface area contributed by atoms with Crippen LogP contribution in [0.5, 0.6) is 0 Å². The van der Waals surface area contributed by atoms with Gasteiger partial charge >= 0.3 is 0 Å². The van der Waals surface area contributed by atoms with Crippen LogP contribution in [-0.2, 0) is 15.6 Å². The molecule has 3 N–H and O–H groups in total. The van der Waals surface area contributed by atoms with Crippen molar-refractivity contribution in [1.29, 1.82) is 0 Å². The third kappa shape index (κ3) is 7.35. The van der Waals surface area contributed by atoms with E-state index in [1.165, 1.54) is 0 Å². The molecule has 1 aliphatic heterocycles. The molecule has 0 saturated carbocycles. The molecular formula is C26H38ClN3O3S. The zero-order valence-corrected chi connectivity index (χ0v) is 22.0. The quantitative estimate of drug-likeness (QED) is 0.399. The fourth-order valence-corrected chi connectivity index (χ4v) is 5.06. The number of piperidine rings is 1. The van der Waals surface area contributed by atoms with Gasteiger partial charge in [-0.15, -0.1) is 0 Å². The number of sulfonamides is 1. The lowest BCUT2D eigenvalue weighted by Crippen LogP contribution is -2.42. The Kier molecular flexibility index (Phi) is 9.27. The number of nitrogens with one attached hydrogen (secondary N) is 2. The SMILES string of the molecule is CC(CCNc1ccc(N2CCC(O)(c3ccc(Cl)cc3)CC2)cc1)CCNS(=O)(=O)C(C)C. The predicted molar refractivity (Wildman–Crippen MR) is 142 cm³/mol. The first-order valence-corrected chi connectivity index (χ1v) is 14.1. The van der Waals surface area contributed by atoms with E-state index < -0.39 is 20.9 Å². The van der Waals surface area contributed by atoms with Crippen molar-refractivity contribution in [3.05, 3.63) is 59.1 Å². The Bertz CT molecular complexity index is 1000. The molecule has 0 aromatic heterocycles. The van der Waals surface area contributed by atoms with E-state index in [4.69, 9.17) is 11.6 Å². The minimum absolute atomic E-state index is 0.396. The Morgan fingerprint density at radius 2 is 1.56 bits per heavy atom. The molecule has 0 aliphatic carbocycles. The second-order valence-electron chi connectivity index (χ2n) is 9.67. The van der Waals surface area contributed by atoms with Crippen molar-refractivity contribution >= 4 is 33.0 Å². The van der Waals surface area contributed by atoms with Gasteiger partial charge in [-0.25, -0.2) is 13.1 Å². The molecule has 1 fully saturated rings. The molecule has 1 saturated heterocycles. The van der Waals surface area contributed by atoms with Crippen LogP contribution in [0.3, 0.4) is 0 Å². The van der Waals surface area contributed by atoms with E-state index in [0.29, 0.717) is 30.3 Å². The van der Waals surface area contributed by atoms with E-state index in [1.54, 1.807) is 13.8 Å². The molecule has 8 heteroatoms. The van der Waals surface area contributed by atoms with Gasteiger partial charge in [-0.2, -0.15) is 0 Å². The lowest BCUT2D eigenvalue weighted by molar-refractivity contribution is 0.0118. The van der Waals surface area contributed by atoms with E-state index in [-0.39, 0.29) is 0 Å². The van der Waals surface area contributed by atoms with Crippen LogP contribution in [0, 0.1) is 5.92 Å². The molecule has 0 amide bonds. The largest absolute Gasteiger partial charge is 0.385 e. The van der Waals surface area contributed by atoms with Crippen molar-refractivity contribution in [2.24, 2.45) is 5.92 Å². The zero-order chi connectivity index (χ0) is 24.8. The van der Waals surface area contributed by atoms with Gasteiger partial charge in [0.05, 0.1) is 10.9 Å². The van der Waals surface area contributed by atoms with Crippen LogP contribution in [0.1, 0.15) is 52.0 Å². The maximum atomic E-state index is 11.8. The number of nitrogens with zero attached hydrogens (tertiary/aromatic N) is 1. The normalized spacial score (nSPS) is 17.1. The van der Waals surface area contributed by atoms with E-state index in [2.05, 4.69) is 46.1 Å². The van der Waals surface area contributed by atoms with E-state index >= 15 is 0 Å². The third-order valence-electron chi connectivity index (χ3n) is 6.73. The predicted octanol–water partition coefficient (Wildman–Crippen LogP) is 4.98. The second-order valence-corrected chi connectivity index (χ2v) is 12.4. The average Bonchev–Trinajstić information content (AvgIpc) is 2.80. The van der Waals surface area contributed by atoms with Crippen molar-refractivity contribution in [3.8, 4) is 0 Å². The Labute approximate surface area is 209 Å². The lowest BCUT2D eigenvalue weighted by atomic mass is 9.84. The number of hydrogen-bond donors (Lipinski definition) is 3. The van der Waals surface area contributed by atoms with Gasteiger partial charge in [0, 0.05) is 42.6 Å². The molecule has 1 unspecified atom stereocenters. The van der Waals surface area contributed by atoms with Crippen LogP contribution in [0.2, 0.25) is 5.02 Å².